The van der Waals surface area contributed by atoms with E-state index < -0.39 is 10.3 Å². The van der Waals surface area contributed by atoms with Crippen LogP contribution in [0.2, 0.25) is 0 Å². The molecule has 0 amide bonds. The van der Waals surface area contributed by atoms with Crippen molar-refractivity contribution in [3.8, 4) is 0 Å². The molecule has 1 aromatic heterocycles. The van der Waals surface area contributed by atoms with Crippen molar-refractivity contribution in [2.24, 2.45) is 0 Å². The van der Waals surface area contributed by atoms with Crippen LogP contribution in [0.1, 0.15) is 26.5 Å². The van der Waals surface area contributed by atoms with E-state index in [1.165, 1.54) is 0 Å². The molecule has 1 N–H and O–H groups in total. The fraction of sp³-hybridized carbons (Fsp3) is 0.571. The molecule has 1 heterocycles. The molecule has 0 aliphatic carbocycles. The topological polar surface area (TPSA) is 82.1 Å². The zero-order chi connectivity index (χ0) is 11.0. The van der Waals surface area contributed by atoms with Crippen molar-refractivity contribution in [2.75, 3.05) is 4.72 Å². The van der Waals surface area contributed by atoms with E-state index in [0.717, 1.165) is 17.0 Å². The summed E-state index contributed by atoms with van der Waals surface area (Å²) in [5, 5.41) is 1.85. The number of nitrogens with one attached hydrogen (secondary N) is 1. The number of anilines is 1. The van der Waals surface area contributed by atoms with Gasteiger partial charge in [-0.3, -0.25) is 4.72 Å². The molecule has 0 spiro atoms. The predicted molar refractivity (Wildman–Crippen MR) is 54.1 cm³/mol. The molecule has 0 aromatic carbocycles. The smallest absolute Gasteiger partial charge is 0.731 e. The van der Waals surface area contributed by atoms with E-state index in [2.05, 4.69) is 4.98 Å². The van der Waals surface area contributed by atoms with Crippen LogP contribution in [0.4, 0.5) is 5.13 Å². The average molecular weight is 258 g/mol. The number of hydrogen-bond acceptors (Lipinski definition) is 5. The van der Waals surface area contributed by atoms with Gasteiger partial charge >= 0.3 is 29.6 Å². The van der Waals surface area contributed by atoms with E-state index in [-0.39, 0.29) is 40.1 Å². The SMILES string of the molecule is CC(C)(C)c1csc(NS(=O)(=O)[O-])n1.[Na+]. The standard InChI is InChI=1S/C7H12N2O3S2.Na/c1-7(2,3)5-4-13-6(8-5)9-14(10,11)12;/h4H,1-3H3,(H,8,9)(H,10,11,12);/q;+1/p-1. The van der Waals surface area contributed by atoms with Gasteiger partial charge in [-0.1, -0.05) is 20.8 Å². The summed E-state index contributed by atoms with van der Waals surface area (Å²) in [7, 11) is -4.46. The summed E-state index contributed by atoms with van der Waals surface area (Å²) in [5.41, 5.74) is 0.608. The van der Waals surface area contributed by atoms with Crippen LogP contribution in [0.15, 0.2) is 5.38 Å². The quantitative estimate of drug-likeness (QED) is 0.507. The van der Waals surface area contributed by atoms with Gasteiger partial charge in [-0.2, -0.15) is 0 Å². The summed E-state index contributed by atoms with van der Waals surface area (Å²) in [6, 6.07) is 0. The van der Waals surface area contributed by atoms with Gasteiger partial charge in [-0.15, -0.1) is 11.3 Å². The average Bonchev–Trinajstić information content (AvgIpc) is 2.29. The molecular weight excluding hydrogens is 247 g/mol. The van der Waals surface area contributed by atoms with Gasteiger partial charge in [-0.05, 0) is 0 Å². The second kappa shape index (κ2) is 5.11. The normalized spacial score (nSPS) is 12.0. The maximum Gasteiger partial charge on any atom is 1.00 e. The van der Waals surface area contributed by atoms with E-state index in [0.29, 0.717) is 0 Å². The van der Waals surface area contributed by atoms with E-state index >= 15 is 0 Å². The van der Waals surface area contributed by atoms with Gasteiger partial charge in [0, 0.05) is 10.8 Å². The summed E-state index contributed by atoms with van der Waals surface area (Å²) in [6.45, 7) is 5.87. The van der Waals surface area contributed by atoms with Crippen LogP contribution in [0.5, 0.6) is 0 Å². The number of rotatable bonds is 2. The molecule has 0 aliphatic rings. The van der Waals surface area contributed by atoms with Gasteiger partial charge in [0.15, 0.2) is 15.4 Å². The number of hydrogen-bond donors (Lipinski definition) is 1. The van der Waals surface area contributed by atoms with Crippen LogP contribution in [0, 0.1) is 0 Å². The van der Waals surface area contributed by atoms with Crippen LogP contribution < -0.4 is 34.3 Å². The summed E-state index contributed by atoms with van der Waals surface area (Å²) < 4.78 is 32.9. The van der Waals surface area contributed by atoms with Crippen LogP contribution in [0.25, 0.3) is 0 Å². The molecular formula is C7H11N2NaO3S2. The minimum absolute atomic E-state index is 0. The van der Waals surface area contributed by atoms with E-state index in [9.17, 15) is 13.0 Å². The summed E-state index contributed by atoms with van der Waals surface area (Å²) in [5.74, 6) is 0. The van der Waals surface area contributed by atoms with Gasteiger partial charge in [0.1, 0.15) is 0 Å². The minimum Gasteiger partial charge on any atom is -0.731 e. The first kappa shape index (κ1) is 15.3. The Hall–Kier alpha value is 0.340. The Morgan fingerprint density at radius 2 is 2.00 bits per heavy atom. The molecule has 0 bridgehead atoms. The first-order valence-electron chi connectivity index (χ1n) is 3.88. The molecule has 0 radical (unpaired) electrons. The number of thiazole rings is 1. The zero-order valence-electron chi connectivity index (χ0n) is 9.07. The van der Waals surface area contributed by atoms with E-state index in [4.69, 9.17) is 0 Å². The second-order valence-electron chi connectivity index (χ2n) is 3.84. The second-order valence-corrected chi connectivity index (χ2v) is 5.81. The Morgan fingerprint density at radius 1 is 1.47 bits per heavy atom. The predicted octanol–water partition coefficient (Wildman–Crippen LogP) is -1.68. The molecule has 80 valence electrons. The van der Waals surface area contributed by atoms with Gasteiger partial charge < -0.3 is 4.55 Å². The third-order valence-corrected chi connectivity index (χ3v) is 2.82. The van der Waals surface area contributed by atoms with Crippen molar-refractivity contribution in [1.82, 2.24) is 4.98 Å². The Kier molecular flexibility index (Phi) is 5.23. The number of aromatic nitrogens is 1. The van der Waals surface area contributed by atoms with Gasteiger partial charge in [0.25, 0.3) is 0 Å². The minimum atomic E-state index is -4.46. The largest absolute Gasteiger partial charge is 1.00 e. The fourth-order valence-corrected chi connectivity index (χ4v) is 2.31. The maximum atomic E-state index is 10.4. The Labute approximate surface area is 115 Å². The van der Waals surface area contributed by atoms with Crippen molar-refractivity contribution in [2.45, 2.75) is 26.2 Å². The van der Waals surface area contributed by atoms with Crippen LogP contribution in [-0.2, 0) is 15.7 Å². The zero-order valence-corrected chi connectivity index (χ0v) is 12.7. The monoisotopic (exact) mass is 258 g/mol. The van der Waals surface area contributed by atoms with Crippen molar-refractivity contribution in [3.63, 3.8) is 0 Å². The first-order valence-corrected chi connectivity index (χ1v) is 6.17. The maximum absolute atomic E-state index is 10.4. The van der Waals surface area contributed by atoms with Crippen molar-refractivity contribution < 1.29 is 42.5 Å². The molecule has 5 nitrogen and oxygen atoms in total. The third kappa shape index (κ3) is 5.28. The van der Waals surface area contributed by atoms with E-state index in [1.807, 2.05) is 20.8 Å². The van der Waals surface area contributed by atoms with Crippen LogP contribution in [-0.4, -0.2) is 18.0 Å². The van der Waals surface area contributed by atoms with E-state index in [1.54, 1.807) is 10.1 Å². The summed E-state index contributed by atoms with van der Waals surface area (Å²) >= 11 is 1.10. The first-order chi connectivity index (χ1) is 6.18. The molecule has 15 heavy (non-hydrogen) atoms. The molecule has 8 heteroatoms. The molecule has 0 fully saturated rings. The van der Waals surface area contributed by atoms with Gasteiger partial charge in [-0.25, -0.2) is 13.4 Å². The van der Waals surface area contributed by atoms with Crippen LogP contribution in [0.3, 0.4) is 0 Å². The summed E-state index contributed by atoms with van der Waals surface area (Å²) in [4.78, 5) is 4.00. The van der Waals surface area contributed by atoms with Crippen molar-refractivity contribution in [3.05, 3.63) is 11.1 Å². The third-order valence-electron chi connectivity index (χ3n) is 1.48. The van der Waals surface area contributed by atoms with Crippen LogP contribution >= 0.6 is 11.3 Å². The molecule has 0 atom stereocenters. The fourth-order valence-electron chi connectivity index (χ4n) is 0.772. The molecule has 0 saturated carbocycles. The molecule has 1 aromatic rings. The Balaban J connectivity index is 0.00000196. The molecule has 0 unspecified atom stereocenters. The Bertz CT molecular complexity index is 422. The van der Waals surface area contributed by atoms with Gasteiger partial charge in [0.05, 0.1) is 5.69 Å². The van der Waals surface area contributed by atoms with Crippen molar-refractivity contribution >= 4 is 26.8 Å². The summed E-state index contributed by atoms with van der Waals surface area (Å²) in [6.07, 6.45) is 0. The number of nitrogens with zero attached hydrogens (tertiary/aromatic N) is 1. The molecule has 0 saturated heterocycles. The molecule has 0 aliphatic heterocycles. The Morgan fingerprint density at radius 3 is 2.33 bits per heavy atom. The molecule has 1 rings (SSSR count). The van der Waals surface area contributed by atoms with Gasteiger partial charge in [0.2, 0.25) is 0 Å². The van der Waals surface area contributed by atoms with Crippen molar-refractivity contribution in [1.29, 1.82) is 0 Å².